The van der Waals surface area contributed by atoms with Crippen LogP contribution in [0.4, 0.5) is 0 Å². The molecule has 0 spiro atoms. The number of hydrazone groups is 1. The standard InChI is InChI=1S/C10H20N2O2/c1-7-8(11-12(5)6)9(13)14-10(2,3)4/h7H2,1-6H3. The Morgan fingerprint density at radius 1 is 1.36 bits per heavy atom. The molecule has 4 heteroatoms. The van der Waals surface area contributed by atoms with Crippen molar-refractivity contribution in [1.29, 1.82) is 0 Å². The van der Waals surface area contributed by atoms with E-state index in [1.165, 1.54) is 0 Å². The monoisotopic (exact) mass is 200 g/mol. The van der Waals surface area contributed by atoms with Gasteiger partial charge in [0.25, 0.3) is 0 Å². The van der Waals surface area contributed by atoms with Gasteiger partial charge in [0.2, 0.25) is 0 Å². The van der Waals surface area contributed by atoms with Crippen molar-refractivity contribution >= 4 is 11.7 Å². The summed E-state index contributed by atoms with van der Waals surface area (Å²) >= 11 is 0. The zero-order valence-electron chi connectivity index (χ0n) is 9.92. The highest BCUT2D eigenvalue weighted by Crippen LogP contribution is 2.08. The molecule has 0 aromatic rings. The summed E-state index contributed by atoms with van der Waals surface area (Å²) in [5.41, 5.74) is -0.00999. The highest BCUT2D eigenvalue weighted by molar-refractivity contribution is 6.36. The van der Waals surface area contributed by atoms with Crippen LogP contribution in [0.5, 0.6) is 0 Å². The van der Waals surface area contributed by atoms with Crippen LogP contribution in [-0.4, -0.2) is 36.4 Å². The van der Waals surface area contributed by atoms with E-state index in [1.54, 1.807) is 19.1 Å². The van der Waals surface area contributed by atoms with Crippen molar-refractivity contribution in [3.8, 4) is 0 Å². The smallest absolute Gasteiger partial charge is 0.354 e. The highest BCUT2D eigenvalue weighted by Gasteiger charge is 2.20. The van der Waals surface area contributed by atoms with Gasteiger partial charge in [-0.3, -0.25) is 0 Å². The van der Waals surface area contributed by atoms with Gasteiger partial charge in [0.15, 0.2) is 0 Å². The molecule has 0 aliphatic rings. The maximum Gasteiger partial charge on any atom is 0.354 e. The zero-order valence-corrected chi connectivity index (χ0v) is 9.92. The third kappa shape index (κ3) is 5.56. The molecule has 0 saturated carbocycles. The number of esters is 1. The molecule has 0 bridgehead atoms. The molecule has 0 radical (unpaired) electrons. The second-order valence-electron chi connectivity index (χ2n) is 4.25. The molecule has 4 nitrogen and oxygen atoms in total. The molecule has 0 aromatic carbocycles. The Bertz CT molecular complexity index is 227. The minimum absolute atomic E-state index is 0.339. The number of hydrogen-bond donors (Lipinski definition) is 0. The fourth-order valence-corrected chi connectivity index (χ4v) is 0.834. The first-order chi connectivity index (χ1) is 6.26. The number of rotatable bonds is 3. The summed E-state index contributed by atoms with van der Waals surface area (Å²) in [5.74, 6) is -0.339. The number of carbonyl (C=O) groups is 1. The van der Waals surface area contributed by atoms with Crippen LogP contribution in [0.15, 0.2) is 5.10 Å². The van der Waals surface area contributed by atoms with Crippen LogP contribution in [0, 0.1) is 0 Å². The van der Waals surface area contributed by atoms with Crippen molar-refractivity contribution in [1.82, 2.24) is 5.01 Å². The van der Waals surface area contributed by atoms with Crippen molar-refractivity contribution in [2.75, 3.05) is 14.1 Å². The Morgan fingerprint density at radius 2 is 1.86 bits per heavy atom. The first kappa shape index (κ1) is 12.9. The largest absolute Gasteiger partial charge is 0.455 e. The van der Waals surface area contributed by atoms with Gasteiger partial charge in [-0.1, -0.05) is 6.92 Å². The van der Waals surface area contributed by atoms with E-state index in [4.69, 9.17) is 4.74 Å². The van der Waals surface area contributed by atoms with E-state index in [0.29, 0.717) is 12.1 Å². The van der Waals surface area contributed by atoms with Gasteiger partial charge in [0, 0.05) is 14.1 Å². The van der Waals surface area contributed by atoms with Gasteiger partial charge >= 0.3 is 5.97 Å². The SMILES string of the molecule is CCC(=NN(C)C)C(=O)OC(C)(C)C. The third-order valence-electron chi connectivity index (χ3n) is 1.29. The van der Waals surface area contributed by atoms with Gasteiger partial charge in [-0.25, -0.2) is 4.79 Å². The second-order valence-corrected chi connectivity index (χ2v) is 4.25. The van der Waals surface area contributed by atoms with Crippen LogP contribution in [0.2, 0.25) is 0 Å². The van der Waals surface area contributed by atoms with Gasteiger partial charge in [0.1, 0.15) is 11.3 Å². The Morgan fingerprint density at radius 3 is 2.14 bits per heavy atom. The van der Waals surface area contributed by atoms with E-state index in [2.05, 4.69) is 5.10 Å². The highest BCUT2D eigenvalue weighted by atomic mass is 16.6. The average molecular weight is 200 g/mol. The van der Waals surface area contributed by atoms with Gasteiger partial charge in [-0.05, 0) is 27.2 Å². The van der Waals surface area contributed by atoms with E-state index >= 15 is 0 Å². The summed E-state index contributed by atoms with van der Waals surface area (Å²) < 4.78 is 5.20. The molecule has 0 heterocycles. The van der Waals surface area contributed by atoms with Crippen LogP contribution in [0.3, 0.4) is 0 Å². The summed E-state index contributed by atoms with van der Waals surface area (Å²) in [7, 11) is 3.56. The summed E-state index contributed by atoms with van der Waals surface area (Å²) in [4.78, 5) is 11.5. The molecule has 0 atom stereocenters. The molecular weight excluding hydrogens is 180 g/mol. The lowest BCUT2D eigenvalue weighted by Gasteiger charge is -2.20. The van der Waals surface area contributed by atoms with Crippen molar-refractivity contribution in [2.24, 2.45) is 5.10 Å². The van der Waals surface area contributed by atoms with E-state index in [1.807, 2.05) is 27.7 Å². The summed E-state index contributed by atoms with van der Waals surface area (Å²) in [5, 5.41) is 5.65. The number of carbonyl (C=O) groups excluding carboxylic acids is 1. The average Bonchev–Trinajstić information content (AvgIpc) is 1.96. The van der Waals surface area contributed by atoms with Crippen LogP contribution >= 0.6 is 0 Å². The van der Waals surface area contributed by atoms with Crippen molar-refractivity contribution < 1.29 is 9.53 Å². The van der Waals surface area contributed by atoms with Crippen molar-refractivity contribution in [3.05, 3.63) is 0 Å². The molecule has 14 heavy (non-hydrogen) atoms. The fourth-order valence-electron chi connectivity index (χ4n) is 0.834. The van der Waals surface area contributed by atoms with E-state index < -0.39 is 5.60 Å². The molecule has 0 amide bonds. The summed E-state index contributed by atoms with van der Waals surface area (Å²) in [6.45, 7) is 7.40. The summed E-state index contributed by atoms with van der Waals surface area (Å²) in [6.07, 6.45) is 0.576. The molecule has 82 valence electrons. The molecular formula is C10H20N2O2. The second kappa shape index (κ2) is 4.98. The molecule has 0 unspecified atom stereocenters. The molecule has 0 rings (SSSR count). The Kier molecular flexibility index (Phi) is 4.60. The quantitative estimate of drug-likeness (QED) is 0.395. The molecule has 0 aliphatic heterocycles. The minimum atomic E-state index is -0.459. The predicted octanol–water partition coefficient (Wildman–Crippen LogP) is 1.66. The first-order valence-corrected chi connectivity index (χ1v) is 4.74. The summed E-state index contributed by atoms with van der Waals surface area (Å²) in [6, 6.07) is 0. The maximum absolute atomic E-state index is 11.5. The van der Waals surface area contributed by atoms with Gasteiger partial charge in [0.05, 0.1) is 0 Å². The van der Waals surface area contributed by atoms with Crippen molar-refractivity contribution in [3.63, 3.8) is 0 Å². The number of hydrogen-bond acceptors (Lipinski definition) is 4. The zero-order chi connectivity index (χ0) is 11.4. The Balaban J connectivity index is 4.49. The van der Waals surface area contributed by atoms with Crippen LogP contribution in [0.25, 0.3) is 0 Å². The van der Waals surface area contributed by atoms with E-state index in [9.17, 15) is 4.79 Å². The lowest BCUT2D eigenvalue weighted by molar-refractivity contribution is -0.146. The minimum Gasteiger partial charge on any atom is -0.455 e. The number of nitrogens with zero attached hydrogens (tertiary/aromatic N) is 2. The normalized spacial score (nSPS) is 12.6. The molecule has 0 aromatic heterocycles. The van der Waals surface area contributed by atoms with Gasteiger partial charge in [-0.15, -0.1) is 0 Å². The van der Waals surface area contributed by atoms with Gasteiger partial charge in [-0.2, -0.15) is 5.10 Å². The maximum atomic E-state index is 11.5. The molecule has 0 N–H and O–H groups in total. The van der Waals surface area contributed by atoms with Crippen molar-refractivity contribution in [2.45, 2.75) is 39.7 Å². The predicted molar refractivity (Wildman–Crippen MR) is 57.3 cm³/mol. The van der Waals surface area contributed by atoms with Crippen LogP contribution < -0.4 is 0 Å². The topological polar surface area (TPSA) is 41.9 Å². The molecule has 0 fully saturated rings. The van der Waals surface area contributed by atoms with E-state index in [-0.39, 0.29) is 5.97 Å². The third-order valence-corrected chi connectivity index (χ3v) is 1.29. The van der Waals surface area contributed by atoms with E-state index in [0.717, 1.165) is 0 Å². The lowest BCUT2D eigenvalue weighted by atomic mass is 10.2. The number of ether oxygens (including phenoxy) is 1. The lowest BCUT2D eigenvalue weighted by Crippen LogP contribution is -2.29. The Hall–Kier alpha value is -1.06. The van der Waals surface area contributed by atoms with Crippen LogP contribution in [-0.2, 0) is 9.53 Å². The fraction of sp³-hybridized carbons (Fsp3) is 0.800. The van der Waals surface area contributed by atoms with Gasteiger partial charge < -0.3 is 9.75 Å². The first-order valence-electron chi connectivity index (χ1n) is 4.74. The Labute approximate surface area is 85.9 Å². The molecule has 0 aliphatic carbocycles. The van der Waals surface area contributed by atoms with Crippen LogP contribution in [0.1, 0.15) is 34.1 Å². The molecule has 0 saturated heterocycles.